The minimum Gasteiger partial charge on any atom is -0.493 e. The van der Waals surface area contributed by atoms with E-state index in [0.717, 1.165) is 5.75 Å². The molecular weight excluding hydrogens is 226 g/mol. The second-order valence-electron chi connectivity index (χ2n) is 5.64. The van der Waals surface area contributed by atoms with Crippen LogP contribution in [0.15, 0.2) is 18.2 Å². The molecule has 0 aliphatic carbocycles. The molecule has 0 saturated heterocycles. The van der Waals surface area contributed by atoms with Crippen molar-refractivity contribution < 1.29 is 9.53 Å². The van der Waals surface area contributed by atoms with E-state index >= 15 is 0 Å². The molecule has 0 heterocycles. The molecule has 100 valence electrons. The summed E-state index contributed by atoms with van der Waals surface area (Å²) in [5.74, 6) is 0.841. The van der Waals surface area contributed by atoms with E-state index in [-0.39, 0.29) is 11.4 Å². The van der Waals surface area contributed by atoms with Crippen molar-refractivity contribution in [3.63, 3.8) is 0 Å². The van der Waals surface area contributed by atoms with Crippen LogP contribution in [0.5, 0.6) is 5.75 Å². The molecule has 0 aromatic heterocycles. The summed E-state index contributed by atoms with van der Waals surface area (Å²) in [4.78, 5) is 11.6. The molecule has 0 aliphatic rings. The molecule has 1 aromatic rings. The number of hydrogen-bond acceptors (Lipinski definition) is 2. The van der Waals surface area contributed by atoms with Crippen molar-refractivity contribution in [2.75, 3.05) is 6.61 Å². The van der Waals surface area contributed by atoms with Crippen LogP contribution < -0.4 is 10.1 Å². The van der Waals surface area contributed by atoms with Crippen molar-refractivity contribution in [2.24, 2.45) is 0 Å². The van der Waals surface area contributed by atoms with Gasteiger partial charge < -0.3 is 10.1 Å². The predicted octanol–water partition coefficient (Wildman–Crippen LogP) is 2.99. The Morgan fingerprint density at radius 3 is 2.44 bits per heavy atom. The molecule has 0 saturated carbocycles. The quantitative estimate of drug-likeness (QED) is 0.891. The van der Waals surface area contributed by atoms with Gasteiger partial charge in [0.1, 0.15) is 5.75 Å². The van der Waals surface area contributed by atoms with E-state index in [1.54, 1.807) is 0 Å². The van der Waals surface area contributed by atoms with E-state index < -0.39 is 0 Å². The third kappa shape index (κ3) is 5.21. The number of amides is 1. The summed E-state index contributed by atoms with van der Waals surface area (Å²) >= 11 is 0. The molecule has 3 nitrogen and oxygen atoms in total. The molecule has 1 N–H and O–H groups in total. The fourth-order valence-corrected chi connectivity index (χ4v) is 1.55. The normalized spacial score (nSPS) is 11.2. The number of ether oxygens (including phenoxy) is 1. The smallest absolute Gasteiger partial charge is 0.223 e. The lowest BCUT2D eigenvalue weighted by Gasteiger charge is -2.20. The van der Waals surface area contributed by atoms with Gasteiger partial charge in [-0.2, -0.15) is 0 Å². The van der Waals surface area contributed by atoms with Crippen LogP contribution in [0.2, 0.25) is 0 Å². The first-order valence-electron chi connectivity index (χ1n) is 6.29. The lowest BCUT2D eigenvalue weighted by atomic mass is 10.1. The maximum atomic E-state index is 11.6. The summed E-state index contributed by atoms with van der Waals surface area (Å²) in [6.07, 6.45) is 0.379. The number of hydrogen-bond donors (Lipinski definition) is 1. The van der Waals surface area contributed by atoms with Gasteiger partial charge in [0.15, 0.2) is 0 Å². The SMILES string of the molecule is Cc1ccc(OCCC(=O)NC(C)(C)C)cc1C. The minimum atomic E-state index is -0.183. The lowest BCUT2D eigenvalue weighted by Crippen LogP contribution is -2.41. The van der Waals surface area contributed by atoms with Gasteiger partial charge in [0.25, 0.3) is 0 Å². The predicted molar refractivity (Wildman–Crippen MR) is 73.9 cm³/mol. The highest BCUT2D eigenvalue weighted by atomic mass is 16.5. The number of carbonyl (C=O) groups excluding carboxylic acids is 1. The molecule has 3 heteroatoms. The van der Waals surface area contributed by atoms with Crippen LogP contribution in [-0.4, -0.2) is 18.1 Å². The third-order valence-electron chi connectivity index (χ3n) is 2.59. The van der Waals surface area contributed by atoms with E-state index in [2.05, 4.69) is 19.2 Å². The molecule has 1 rings (SSSR count). The average Bonchev–Trinajstić information content (AvgIpc) is 2.20. The first kappa shape index (κ1) is 14.6. The van der Waals surface area contributed by atoms with Gasteiger partial charge in [-0.05, 0) is 57.9 Å². The Morgan fingerprint density at radius 2 is 1.89 bits per heavy atom. The van der Waals surface area contributed by atoms with Gasteiger partial charge in [-0.1, -0.05) is 6.07 Å². The number of carbonyl (C=O) groups is 1. The Hall–Kier alpha value is -1.51. The second kappa shape index (κ2) is 5.89. The fraction of sp³-hybridized carbons (Fsp3) is 0.533. The summed E-state index contributed by atoms with van der Waals surface area (Å²) in [6.45, 7) is 10.4. The summed E-state index contributed by atoms with van der Waals surface area (Å²) in [5.41, 5.74) is 2.26. The van der Waals surface area contributed by atoms with Gasteiger partial charge in [-0.15, -0.1) is 0 Å². The molecule has 0 bridgehead atoms. The maximum absolute atomic E-state index is 11.6. The van der Waals surface area contributed by atoms with Gasteiger partial charge in [-0.25, -0.2) is 0 Å². The average molecular weight is 249 g/mol. The molecular formula is C15H23NO2. The number of rotatable bonds is 4. The Kier molecular flexibility index (Phi) is 4.76. The highest BCUT2D eigenvalue weighted by molar-refractivity contribution is 5.76. The zero-order valence-electron chi connectivity index (χ0n) is 12.0. The molecule has 0 aliphatic heterocycles. The van der Waals surface area contributed by atoms with E-state index in [1.807, 2.05) is 39.0 Å². The topological polar surface area (TPSA) is 38.3 Å². The second-order valence-corrected chi connectivity index (χ2v) is 5.64. The van der Waals surface area contributed by atoms with Crippen molar-refractivity contribution >= 4 is 5.91 Å². The van der Waals surface area contributed by atoms with E-state index in [4.69, 9.17) is 4.74 Å². The molecule has 1 aromatic carbocycles. The van der Waals surface area contributed by atoms with Gasteiger partial charge in [-0.3, -0.25) is 4.79 Å². The van der Waals surface area contributed by atoms with Crippen LogP contribution in [0.1, 0.15) is 38.3 Å². The monoisotopic (exact) mass is 249 g/mol. The van der Waals surface area contributed by atoms with Crippen molar-refractivity contribution in [2.45, 2.75) is 46.6 Å². The van der Waals surface area contributed by atoms with Crippen LogP contribution in [0.25, 0.3) is 0 Å². The van der Waals surface area contributed by atoms with E-state index in [0.29, 0.717) is 13.0 Å². The molecule has 0 fully saturated rings. The molecule has 0 unspecified atom stereocenters. The van der Waals surface area contributed by atoms with Gasteiger partial charge in [0.05, 0.1) is 13.0 Å². The standard InChI is InChI=1S/C15H23NO2/c1-11-6-7-13(10-12(11)2)18-9-8-14(17)16-15(3,4)5/h6-7,10H,8-9H2,1-5H3,(H,16,17). The molecule has 0 spiro atoms. The maximum Gasteiger partial charge on any atom is 0.223 e. The lowest BCUT2D eigenvalue weighted by molar-refractivity contribution is -0.122. The third-order valence-corrected chi connectivity index (χ3v) is 2.59. The van der Waals surface area contributed by atoms with Crippen molar-refractivity contribution in [1.82, 2.24) is 5.32 Å². The summed E-state index contributed by atoms with van der Waals surface area (Å²) in [5, 5.41) is 2.91. The van der Waals surface area contributed by atoms with E-state index in [1.165, 1.54) is 11.1 Å². The molecule has 0 atom stereocenters. The summed E-state index contributed by atoms with van der Waals surface area (Å²) in [6, 6.07) is 5.96. The zero-order chi connectivity index (χ0) is 13.8. The number of nitrogens with one attached hydrogen (secondary N) is 1. The molecule has 1 amide bonds. The molecule has 18 heavy (non-hydrogen) atoms. The summed E-state index contributed by atoms with van der Waals surface area (Å²) < 4.78 is 5.57. The zero-order valence-corrected chi connectivity index (χ0v) is 12.0. The highest BCUT2D eigenvalue weighted by Gasteiger charge is 2.13. The number of benzene rings is 1. The highest BCUT2D eigenvalue weighted by Crippen LogP contribution is 2.16. The Labute approximate surface area is 110 Å². The Bertz CT molecular complexity index is 419. The van der Waals surface area contributed by atoms with Gasteiger partial charge >= 0.3 is 0 Å². The van der Waals surface area contributed by atoms with Crippen LogP contribution in [0.4, 0.5) is 0 Å². The van der Waals surface area contributed by atoms with E-state index in [9.17, 15) is 4.79 Å². The van der Waals surface area contributed by atoms with Crippen LogP contribution >= 0.6 is 0 Å². The van der Waals surface area contributed by atoms with Crippen LogP contribution in [-0.2, 0) is 4.79 Å². The van der Waals surface area contributed by atoms with Crippen LogP contribution in [0, 0.1) is 13.8 Å². The largest absolute Gasteiger partial charge is 0.493 e. The number of aryl methyl sites for hydroxylation is 2. The van der Waals surface area contributed by atoms with Crippen molar-refractivity contribution in [3.05, 3.63) is 29.3 Å². The Morgan fingerprint density at radius 1 is 1.22 bits per heavy atom. The molecule has 0 radical (unpaired) electrons. The van der Waals surface area contributed by atoms with Gasteiger partial charge in [0, 0.05) is 5.54 Å². The minimum absolute atomic E-state index is 0.0198. The summed E-state index contributed by atoms with van der Waals surface area (Å²) in [7, 11) is 0. The Balaban J connectivity index is 2.38. The van der Waals surface area contributed by atoms with Crippen molar-refractivity contribution in [3.8, 4) is 5.75 Å². The van der Waals surface area contributed by atoms with Crippen molar-refractivity contribution in [1.29, 1.82) is 0 Å². The van der Waals surface area contributed by atoms with Crippen LogP contribution in [0.3, 0.4) is 0 Å². The van der Waals surface area contributed by atoms with Gasteiger partial charge in [0.2, 0.25) is 5.91 Å². The first-order valence-corrected chi connectivity index (χ1v) is 6.29. The first-order chi connectivity index (χ1) is 8.28. The fourth-order valence-electron chi connectivity index (χ4n) is 1.55.